The first-order valence-electron chi connectivity index (χ1n) is 6.98. The Bertz CT molecular complexity index is 609. The van der Waals surface area contributed by atoms with E-state index in [1.165, 1.54) is 6.07 Å². The molecule has 0 spiro atoms. The van der Waals surface area contributed by atoms with Gasteiger partial charge in [-0.15, -0.1) is 0 Å². The van der Waals surface area contributed by atoms with Crippen LogP contribution in [0.15, 0.2) is 48.5 Å². The van der Waals surface area contributed by atoms with Crippen molar-refractivity contribution >= 4 is 0 Å². The van der Waals surface area contributed by atoms with Crippen LogP contribution in [0.4, 0.5) is 13.2 Å². The summed E-state index contributed by atoms with van der Waals surface area (Å²) in [5.74, 6) is -0.162. The van der Waals surface area contributed by atoms with E-state index in [1.807, 2.05) is 18.2 Å². The molecule has 2 aromatic rings. The lowest BCUT2D eigenvalue weighted by Gasteiger charge is -2.16. The van der Waals surface area contributed by atoms with Crippen molar-refractivity contribution in [1.82, 2.24) is 0 Å². The van der Waals surface area contributed by atoms with E-state index in [4.69, 9.17) is 10.5 Å². The number of rotatable bonds is 5. The van der Waals surface area contributed by atoms with Crippen LogP contribution < -0.4 is 10.5 Å². The Hall–Kier alpha value is -2.01. The van der Waals surface area contributed by atoms with Gasteiger partial charge in [0.25, 0.3) is 0 Å². The van der Waals surface area contributed by atoms with Crippen molar-refractivity contribution in [2.75, 3.05) is 0 Å². The second-order valence-electron chi connectivity index (χ2n) is 5.28. The molecule has 5 heteroatoms. The number of nitrogens with two attached hydrogens (primary N) is 1. The average molecular weight is 309 g/mol. The van der Waals surface area contributed by atoms with Crippen molar-refractivity contribution in [2.45, 2.75) is 32.2 Å². The molecule has 0 radical (unpaired) electrons. The maximum atomic E-state index is 13.2. The molecule has 0 amide bonds. The van der Waals surface area contributed by atoms with Gasteiger partial charge in [0.15, 0.2) is 0 Å². The quantitative estimate of drug-likeness (QED) is 0.899. The van der Waals surface area contributed by atoms with Gasteiger partial charge in [0, 0.05) is 6.04 Å². The maximum absolute atomic E-state index is 13.2. The summed E-state index contributed by atoms with van der Waals surface area (Å²) in [7, 11) is 0. The minimum Gasteiger partial charge on any atom is -0.488 e. The summed E-state index contributed by atoms with van der Waals surface area (Å²) in [6.07, 6.45) is -4.07. The summed E-state index contributed by atoms with van der Waals surface area (Å²) >= 11 is 0. The monoisotopic (exact) mass is 309 g/mol. The van der Waals surface area contributed by atoms with Crippen LogP contribution in [0.3, 0.4) is 0 Å². The van der Waals surface area contributed by atoms with Gasteiger partial charge in [0.1, 0.15) is 12.4 Å². The smallest absolute Gasteiger partial charge is 0.419 e. The number of alkyl halides is 3. The second-order valence-corrected chi connectivity index (χ2v) is 5.28. The highest BCUT2D eigenvalue weighted by Crippen LogP contribution is 2.37. The van der Waals surface area contributed by atoms with Crippen molar-refractivity contribution in [3.63, 3.8) is 0 Å². The number of hydrogen-bond donors (Lipinski definition) is 1. The molecule has 0 saturated carbocycles. The Kier molecular flexibility index (Phi) is 5.08. The van der Waals surface area contributed by atoms with Gasteiger partial charge in [0.05, 0.1) is 5.56 Å². The van der Waals surface area contributed by atoms with Crippen LogP contribution in [-0.4, -0.2) is 6.04 Å². The highest BCUT2D eigenvalue weighted by molar-refractivity contribution is 5.39. The Morgan fingerprint density at radius 3 is 2.32 bits per heavy atom. The highest BCUT2D eigenvalue weighted by Gasteiger charge is 2.34. The van der Waals surface area contributed by atoms with Crippen molar-refractivity contribution in [3.8, 4) is 5.75 Å². The molecule has 22 heavy (non-hydrogen) atoms. The first kappa shape index (κ1) is 16.4. The van der Waals surface area contributed by atoms with Crippen LogP contribution in [0, 0.1) is 0 Å². The molecule has 2 rings (SSSR count). The third-order valence-corrected chi connectivity index (χ3v) is 3.14. The van der Waals surface area contributed by atoms with Gasteiger partial charge < -0.3 is 10.5 Å². The molecule has 2 nitrogen and oxygen atoms in total. The summed E-state index contributed by atoms with van der Waals surface area (Å²) < 4.78 is 44.9. The van der Waals surface area contributed by atoms with Gasteiger partial charge in [-0.25, -0.2) is 0 Å². The molecule has 0 aliphatic rings. The predicted molar refractivity (Wildman–Crippen MR) is 79.6 cm³/mol. The third-order valence-electron chi connectivity index (χ3n) is 3.14. The topological polar surface area (TPSA) is 35.2 Å². The first-order valence-corrected chi connectivity index (χ1v) is 6.98. The lowest BCUT2D eigenvalue weighted by atomic mass is 10.0. The molecule has 118 valence electrons. The van der Waals surface area contributed by atoms with Crippen molar-refractivity contribution in [1.29, 1.82) is 0 Å². The zero-order chi connectivity index (χ0) is 16.2. The fourth-order valence-corrected chi connectivity index (χ4v) is 2.16. The van der Waals surface area contributed by atoms with Crippen LogP contribution in [0.25, 0.3) is 0 Å². The molecule has 0 bridgehead atoms. The van der Waals surface area contributed by atoms with Gasteiger partial charge in [-0.05, 0) is 36.6 Å². The minimum absolute atomic E-state index is 0.0938. The van der Waals surface area contributed by atoms with E-state index in [0.717, 1.165) is 11.6 Å². The highest BCUT2D eigenvalue weighted by atomic mass is 19.4. The van der Waals surface area contributed by atoms with Crippen LogP contribution in [-0.2, 0) is 19.2 Å². The van der Waals surface area contributed by atoms with Crippen molar-refractivity contribution in [3.05, 3.63) is 65.2 Å². The second kappa shape index (κ2) is 6.83. The Balaban J connectivity index is 2.22. The lowest BCUT2D eigenvalue weighted by Crippen LogP contribution is -2.18. The molecule has 0 fully saturated rings. The molecular formula is C17H18F3NO. The zero-order valence-electron chi connectivity index (χ0n) is 12.2. The van der Waals surface area contributed by atoms with E-state index in [2.05, 4.69) is 0 Å². The van der Waals surface area contributed by atoms with Crippen LogP contribution >= 0.6 is 0 Å². The molecule has 1 atom stereocenters. The van der Waals surface area contributed by atoms with Crippen molar-refractivity contribution in [2.24, 2.45) is 5.73 Å². The minimum atomic E-state index is -4.46. The SMILES string of the molecule is CC(N)Cc1ccc(OCc2ccccc2)c(C(F)(F)F)c1. The van der Waals surface area contributed by atoms with E-state index in [9.17, 15) is 13.2 Å². The molecular weight excluding hydrogens is 291 g/mol. The van der Waals surface area contributed by atoms with Gasteiger partial charge in [-0.3, -0.25) is 0 Å². The summed E-state index contributed by atoms with van der Waals surface area (Å²) in [5.41, 5.74) is 6.25. The van der Waals surface area contributed by atoms with Gasteiger partial charge in [0.2, 0.25) is 0 Å². The largest absolute Gasteiger partial charge is 0.488 e. The van der Waals surface area contributed by atoms with E-state index in [0.29, 0.717) is 12.0 Å². The summed E-state index contributed by atoms with van der Waals surface area (Å²) in [6.45, 7) is 1.85. The molecule has 2 aromatic carbocycles. The fourth-order valence-electron chi connectivity index (χ4n) is 2.16. The van der Waals surface area contributed by atoms with E-state index >= 15 is 0 Å². The lowest BCUT2D eigenvalue weighted by molar-refractivity contribution is -0.139. The fraction of sp³-hybridized carbons (Fsp3) is 0.294. The van der Waals surface area contributed by atoms with Crippen molar-refractivity contribution < 1.29 is 17.9 Å². The molecule has 0 aromatic heterocycles. The molecule has 0 aliphatic heterocycles. The summed E-state index contributed by atoms with van der Waals surface area (Å²) in [5, 5.41) is 0. The van der Waals surface area contributed by atoms with E-state index in [-0.39, 0.29) is 18.4 Å². The van der Waals surface area contributed by atoms with Gasteiger partial charge in [-0.1, -0.05) is 36.4 Å². The zero-order valence-corrected chi connectivity index (χ0v) is 12.2. The van der Waals surface area contributed by atoms with Crippen LogP contribution in [0.1, 0.15) is 23.6 Å². The standard InChI is InChI=1S/C17H18F3NO/c1-12(21)9-14-7-8-16(15(10-14)17(18,19)20)22-11-13-5-3-2-4-6-13/h2-8,10,12H,9,11,21H2,1H3. The Morgan fingerprint density at radius 2 is 1.73 bits per heavy atom. The third kappa shape index (κ3) is 4.49. The van der Waals surface area contributed by atoms with E-state index < -0.39 is 11.7 Å². The van der Waals surface area contributed by atoms with Crippen LogP contribution in [0.5, 0.6) is 5.75 Å². The molecule has 0 aliphatic carbocycles. The number of ether oxygens (including phenoxy) is 1. The number of benzene rings is 2. The average Bonchev–Trinajstić information content (AvgIpc) is 2.45. The van der Waals surface area contributed by atoms with Gasteiger partial charge in [-0.2, -0.15) is 13.2 Å². The van der Waals surface area contributed by atoms with Gasteiger partial charge >= 0.3 is 6.18 Å². The summed E-state index contributed by atoms with van der Waals surface area (Å²) in [4.78, 5) is 0. The Labute approximate surface area is 127 Å². The van der Waals surface area contributed by atoms with Crippen LogP contribution in [0.2, 0.25) is 0 Å². The number of hydrogen-bond acceptors (Lipinski definition) is 2. The summed E-state index contributed by atoms with van der Waals surface area (Å²) in [6, 6.07) is 13.0. The molecule has 1 unspecified atom stereocenters. The molecule has 0 saturated heterocycles. The first-order chi connectivity index (χ1) is 10.4. The predicted octanol–water partition coefficient (Wildman–Crippen LogP) is 4.17. The van der Waals surface area contributed by atoms with E-state index in [1.54, 1.807) is 25.1 Å². The molecule has 0 heterocycles. The molecule has 2 N–H and O–H groups in total. The normalized spacial score (nSPS) is 13.0. The number of halogens is 3. The maximum Gasteiger partial charge on any atom is 0.419 e. The Morgan fingerprint density at radius 1 is 1.05 bits per heavy atom.